The van der Waals surface area contributed by atoms with Crippen molar-refractivity contribution in [2.45, 2.75) is 13.0 Å². The molecule has 2 heterocycles. The molecule has 0 saturated heterocycles. The number of anilines is 1. The summed E-state index contributed by atoms with van der Waals surface area (Å²) in [4.78, 5) is 13.1. The van der Waals surface area contributed by atoms with Gasteiger partial charge in [-0.3, -0.25) is 4.98 Å². The molecule has 0 unspecified atom stereocenters. The molecule has 28 heavy (non-hydrogen) atoms. The van der Waals surface area contributed by atoms with Gasteiger partial charge in [-0.1, -0.05) is 36.4 Å². The Morgan fingerprint density at radius 2 is 1.82 bits per heavy atom. The minimum Gasteiger partial charge on any atom is -0.380 e. The van der Waals surface area contributed by atoms with Crippen molar-refractivity contribution < 1.29 is 4.74 Å². The van der Waals surface area contributed by atoms with E-state index in [0.29, 0.717) is 6.61 Å². The van der Waals surface area contributed by atoms with Crippen LogP contribution in [0.3, 0.4) is 0 Å². The van der Waals surface area contributed by atoms with Gasteiger partial charge in [0.05, 0.1) is 12.1 Å². The summed E-state index contributed by atoms with van der Waals surface area (Å²) >= 11 is 0. The van der Waals surface area contributed by atoms with Gasteiger partial charge in [0.2, 0.25) is 0 Å². The molecular formula is C23H22N4O. The molecule has 0 fully saturated rings. The average molecular weight is 370 g/mol. The molecule has 0 spiro atoms. The number of hydrogen-bond acceptors (Lipinski definition) is 5. The minimum atomic E-state index is 0.626. The van der Waals surface area contributed by atoms with Gasteiger partial charge in [0, 0.05) is 37.0 Å². The van der Waals surface area contributed by atoms with Gasteiger partial charge in [0.25, 0.3) is 0 Å². The summed E-state index contributed by atoms with van der Waals surface area (Å²) in [5.41, 5.74) is 5.60. The van der Waals surface area contributed by atoms with E-state index in [4.69, 9.17) is 4.74 Å². The van der Waals surface area contributed by atoms with E-state index in [1.165, 1.54) is 11.1 Å². The summed E-state index contributed by atoms with van der Waals surface area (Å²) in [6.07, 6.45) is 6.15. The Morgan fingerprint density at radius 3 is 2.64 bits per heavy atom. The molecule has 0 aliphatic rings. The number of methoxy groups -OCH3 is 1. The maximum Gasteiger partial charge on any atom is 0.137 e. The second kappa shape index (κ2) is 8.59. The van der Waals surface area contributed by atoms with E-state index in [1.807, 2.05) is 24.4 Å². The number of fused-ring (bicyclic) bond motifs is 1. The van der Waals surface area contributed by atoms with E-state index in [1.54, 1.807) is 19.6 Å². The summed E-state index contributed by atoms with van der Waals surface area (Å²) in [6.45, 7) is 1.41. The molecule has 5 heteroatoms. The van der Waals surface area contributed by atoms with Crippen LogP contribution in [0, 0.1) is 0 Å². The van der Waals surface area contributed by atoms with E-state index in [9.17, 15) is 0 Å². The molecule has 1 N–H and O–H groups in total. The van der Waals surface area contributed by atoms with Crippen molar-refractivity contribution in [1.29, 1.82) is 0 Å². The Morgan fingerprint density at radius 1 is 0.929 bits per heavy atom. The first-order valence-electron chi connectivity index (χ1n) is 9.30. The quantitative estimate of drug-likeness (QED) is 0.519. The van der Waals surface area contributed by atoms with Crippen molar-refractivity contribution >= 4 is 16.7 Å². The largest absolute Gasteiger partial charge is 0.380 e. The lowest BCUT2D eigenvalue weighted by atomic mass is 10.0. The van der Waals surface area contributed by atoms with Crippen LogP contribution < -0.4 is 5.32 Å². The second-order valence-corrected chi connectivity index (χ2v) is 6.57. The fourth-order valence-electron chi connectivity index (χ4n) is 3.32. The highest BCUT2D eigenvalue weighted by Gasteiger charge is 2.07. The van der Waals surface area contributed by atoms with Crippen LogP contribution in [0.25, 0.3) is 22.0 Å². The second-order valence-electron chi connectivity index (χ2n) is 6.57. The number of ether oxygens (including phenoxy) is 1. The lowest BCUT2D eigenvalue weighted by Crippen LogP contribution is -2.08. The number of pyridine rings is 1. The Bertz CT molecular complexity index is 1070. The zero-order valence-corrected chi connectivity index (χ0v) is 15.8. The van der Waals surface area contributed by atoms with Gasteiger partial charge in [-0.2, -0.15) is 0 Å². The van der Waals surface area contributed by atoms with E-state index in [-0.39, 0.29) is 0 Å². The van der Waals surface area contributed by atoms with E-state index < -0.39 is 0 Å². The lowest BCUT2D eigenvalue weighted by molar-refractivity contribution is 0.184. The van der Waals surface area contributed by atoms with Crippen molar-refractivity contribution in [3.05, 3.63) is 84.4 Å². The summed E-state index contributed by atoms with van der Waals surface area (Å²) in [5, 5.41) is 4.48. The number of rotatable bonds is 7. The number of nitrogens with zero attached hydrogens (tertiary/aromatic N) is 3. The number of aromatic nitrogens is 3. The molecule has 0 atom stereocenters. The molecule has 0 saturated carbocycles. The van der Waals surface area contributed by atoms with Crippen LogP contribution in [0.4, 0.5) is 5.82 Å². The van der Waals surface area contributed by atoms with Crippen molar-refractivity contribution in [2.75, 3.05) is 19.0 Å². The summed E-state index contributed by atoms with van der Waals surface area (Å²) in [7, 11) is 1.72. The van der Waals surface area contributed by atoms with Crippen molar-refractivity contribution in [1.82, 2.24) is 15.0 Å². The summed E-state index contributed by atoms with van der Waals surface area (Å²) < 4.78 is 5.30. The fourth-order valence-corrected chi connectivity index (χ4v) is 3.32. The predicted octanol–water partition coefficient (Wildman–Crippen LogP) is 4.49. The molecule has 0 aliphatic heterocycles. The number of hydrogen-bond donors (Lipinski definition) is 1. The van der Waals surface area contributed by atoms with Gasteiger partial charge < -0.3 is 10.1 Å². The normalized spacial score (nSPS) is 10.9. The molecule has 0 radical (unpaired) electrons. The molecule has 5 nitrogen and oxygen atoms in total. The summed E-state index contributed by atoms with van der Waals surface area (Å²) in [6, 6.07) is 18.6. The Balaban J connectivity index is 1.55. The molecule has 4 aromatic rings. The third-order valence-electron chi connectivity index (χ3n) is 4.74. The third-order valence-corrected chi connectivity index (χ3v) is 4.74. The topological polar surface area (TPSA) is 59.9 Å². The van der Waals surface area contributed by atoms with Crippen LogP contribution in [0.2, 0.25) is 0 Å². The van der Waals surface area contributed by atoms with Gasteiger partial charge in [-0.05, 0) is 41.3 Å². The predicted molar refractivity (Wildman–Crippen MR) is 112 cm³/mol. The van der Waals surface area contributed by atoms with Crippen LogP contribution in [-0.4, -0.2) is 28.6 Å². The van der Waals surface area contributed by atoms with Crippen molar-refractivity contribution in [2.24, 2.45) is 0 Å². The Kier molecular flexibility index (Phi) is 5.54. The van der Waals surface area contributed by atoms with E-state index in [0.717, 1.165) is 40.8 Å². The first kappa shape index (κ1) is 18.1. The van der Waals surface area contributed by atoms with Crippen LogP contribution in [0.1, 0.15) is 11.1 Å². The van der Waals surface area contributed by atoms with Gasteiger partial charge >= 0.3 is 0 Å². The standard InChI is InChI=1S/C23H22N4O/c1-28-15-20-6-3-2-5-17(20)10-12-25-23-21-13-18(19-7-4-11-24-14-19)8-9-22(21)26-16-27-23/h2-9,11,13-14,16H,10,12,15H2,1H3,(H,25,26,27). The van der Waals surface area contributed by atoms with E-state index >= 15 is 0 Å². The van der Waals surface area contributed by atoms with Crippen LogP contribution in [0.15, 0.2) is 73.3 Å². The number of benzene rings is 2. The molecule has 2 aromatic carbocycles. The molecule has 140 valence electrons. The highest BCUT2D eigenvalue weighted by molar-refractivity contribution is 5.92. The van der Waals surface area contributed by atoms with Gasteiger partial charge in [0.1, 0.15) is 12.1 Å². The van der Waals surface area contributed by atoms with Gasteiger partial charge in [0.15, 0.2) is 0 Å². The highest BCUT2D eigenvalue weighted by Crippen LogP contribution is 2.26. The molecule has 2 aromatic heterocycles. The van der Waals surface area contributed by atoms with Crippen LogP contribution >= 0.6 is 0 Å². The zero-order valence-electron chi connectivity index (χ0n) is 15.8. The smallest absolute Gasteiger partial charge is 0.137 e. The van der Waals surface area contributed by atoms with Crippen molar-refractivity contribution in [3.63, 3.8) is 0 Å². The average Bonchev–Trinajstić information content (AvgIpc) is 2.75. The maximum absolute atomic E-state index is 5.30. The molecule has 0 amide bonds. The number of nitrogens with one attached hydrogen (secondary N) is 1. The fraction of sp³-hybridized carbons (Fsp3) is 0.174. The zero-order chi connectivity index (χ0) is 19.2. The lowest BCUT2D eigenvalue weighted by Gasteiger charge is -2.12. The molecule has 0 aliphatic carbocycles. The minimum absolute atomic E-state index is 0.626. The summed E-state index contributed by atoms with van der Waals surface area (Å²) in [5.74, 6) is 0.847. The van der Waals surface area contributed by atoms with E-state index in [2.05, 4.69) is 56.7 Å². The SMILES string of the molecule is COCc1ccccc1CCNc1ncnc2ccc(-c3cccnc3)cc12. The van der Waals surface area contributed by atoms with Gasteiger partial charge in [-0.15, -0.1) is 0 Å². The molecule has 4 rings (SSSR count). The first-order valence-corrected chi connectivity index (χ1v) is 9.30. The van der Waals surface area contributed by atoms with Crippen LogP contribution in [-0.2, 0) is 17.8 Å². The third kappa shape index (κ3) is 4.00. The molecule has 0 bridgehead atoms. The Labute approximate surface area is 164 Å². The van der Waals surface area contributed by atoms with Gasteiger partial charge in [-0.25, -0.2) is 9.97 Å². The highest BCUT2D eigenvalue weighted by atomic mass is 16.5. The van der Waals surface area contributed by atoms with Crippen LogP contribution in [0.5, 0.6) is 0 Å². The first-order chi connectivity index (χ1) is 13.8. The van der Waals surface area contributed by atoms with Crippen molar-refractivity contribution in [3.8, 4) is 11.1 Å². The Hall–Kier alpha value is -3.31. The monoisotopic (exact) mass is 370 g/mol. The molecular weight excluding hydrogens is 348 g/mol. The maximum atomic E-state index is 5.30.